The zero-order chi connectivity index (χ0) is 11.0. The Balaban J connectivity index is 1.85. The Morgan fingerprint density at radius 2 is 2.19 bits per heavy atom. The van der Waals surface area contributed by atoms with Gasteiger partial charge in [0.25, 0.3) is 0 Å². The van der Waals surface area contributed by atoms with Gasteiger partial charge in [0, 0.05) is 25.3 Å². The van der Waals surface area contributed by atoms with Crippen molar-refractivity contribution in [2.75, 3.05) is 26.7 Å². The van der Waals surface area contributed by atoms with E-state index >= 15 is 0 Å². The number of rotatable bonds is 1. The molecule has 0 aromatic carbocycles. The Kier molecular flexibility index (Phi) is 2.69. The third-order valence-electron chi connectivity index (χ3n) is 3.80. The summed E-state index contributed by atoms with van der Waals surface area (Å²) >= 11 is 0. The van der Waals surface area contributed by atoms with Gasteiger partial charge in [0.1, 0.15) is 0 Å². The molecule has 1 unspecified atom stereocenters. The van der Waals surface area contributed by atoms with E-state index in [-0.39, 0.29) is 0 Å². The summed E-state index contributed by atoms with van der Waals surface area (Å²) in [6.07, 6.45) is 5.03. The third kappa shape index (κ3) is 1.76. The lowest BCUT2D eigenvalue weighted by Gasteiger charge is -2.30. The van der Waals surface area contributed by atoms with Crippen LogP contribution in [0.15, 0.2) is 0 Å². The van der Waals surface area contributed by atoms with Gasteiger partial charge in [-0.25, -0.2) is 0 Å². The Morgan fingerprint density at radius 1 is 1.31 bits per heavy atom. The molecule has 0 spiro atoms. The van der Waals surface area contributed by atoms with Crippen molar-refractivity contribution < 1.29 is 0 Å². The van der Waals surface area contributed by atoms with Gasteiger partial charge in [0.2, 0.25) is 0 Å². The van der Waals surface area contributed by atoms with Crippen molar-refractivity contribution in [2.45, 2.75) is 31.7 Å². The van der Waals surface area contributed by atoms with Crippen LogP contribution >= 0.6 is 0 Å². The van der Waals surface area contributed by atoms with Gasteiger partial charge in [0.15, 0.2) is 0 Å². The highest BCUT2D eigenvalue weighted by molar-refractivity contribution is 5.30. The first-order valence-corrected chi connectivity index (χ1v) is 6.32. The Bertz CT molecular complexity index is 371. The first-order chi connectivity index (χ1) is 7.84. The molecule has 0 amide bonds. The van der Waals surface area contributed by atoms with E-state index in [4.69, 9.17) is 0 Å². The standard InChI is InChI=1S/C12H20N4/c1-16-7-6-13-11(8-16)12-9-4-2-3-5-10(9)14-15-12/h11,13H,2-8H2,1H3,(H,14,15). The summed E-state index contributed by atoms with van der Waals surface area (Å²) in [5.74, 6) is 0. The molecule has 1 aromatic rings. The molecule has 0 bridgehead atoms. The lowest BCUT2D eigenvalue weighted by Crippen LogP contribution is -2.44. The predicted molar refractivity (Wildman–Crippen MR) is 63.5 cm³/mol. The molecular formula is C12H20N4. The molecule has 1 aliphatic carbocycles. The van der Waals surface area contributed by atoms with E-state index in [9.17, 15) is 0 Å². The topological polar surface area (TPSA) is 44.0 Å². The number of nitrogens with one attached hydrogen (secondary N) is 2. The second kappa shape index (κ2) is 4.18. The van der Waals surface area contributed by atoms with Gasteiger partial charge in [-0.05, 0) is 38.3 Å². The summed E-state index contributed by atoms with van der Waals surface area (Å²) in [5, 5.41) is 11.3. The zero-order valence-corrected chi connectivity index (χ0v) is 9.92. The van der Waals surface area contributed by atoms with Crippen LogP contribution in [0.4, 0.5) is 0 Å². The van der Waals surface area contributed by atoms with Gasteiger partial charge in [-0.15, -0.1) is 0 Å². The molecule has 3 rings (SSSR count). The number of aryl methyl sites for hydroxylation is 1. The van der Waals surface area contributed by atoms with Gasteiger partial charge in [0.05, 0.1) is 11.7 Å². The van der Waals surface area contributed by atoms with E-state index in [0.29, 0.717) is 6.04 Å². The lowest BCUT2D eigenvalue weighted by molar-refractivity contribution is 0.237. The minimum Gasteiger partial charge on any atom is -0.306 e. The maximum atomic E-state index is 4.54. The number of H-pyrrole nitrogens is 1. The van der Waals surface area contributed by atoms with E-state index in [1.807, 2.05) is 0 Å². The van der Waals surface area contributed by atoms with Gasteiger partial charge in [-0.3, -0.25) is 5.10 Å². The van der Waals surface area contributed by atoms with Crippen LogP contribution in [-0.2, 0) is 12.8 Å². The quantitative estimate of drug-likeness (QED) is 0.738. The first-order valence-electron chi connectivity index (χ1n) is 6.32. The fourth-order valence-electron chi connectivity index (χ4n) is 2.88. The van der Waals surface area contributed by atoms with Crippen LogP contribution in [0.25, 0.3) is 0 Å². The zero-order valence-electron chi connectivity index (χ0n) is 9.92. The number of hydrogen-bond acceptors (Lipinski definition) is 3. The maximum absolute atomic E-state index is 4.54. The predicted octanol–water partition coefficient (Wildman–Crippen LogP) is 0.865. The van der Waals surface area contributed by atoms with Crippen LogP contribution in [-0.4, -0.2) is 41.8 Å². The van der Waals surface area contributed by atoms with Crippen molar-refractivity contribution in [1.82, 2.24) is 20.4 Å². The van der Waals surface area contributed by atoms with Crippen molar-refractivity contribution >= 4 is 0 Å². The summed E-state index contributed by atoms with van der Waals surface area (Å²) in [6, 6.07) is 0.428. The molecule has 16 heavy (non-hydrogen) atoms. The van der Waals surface area contributed by atoms with E-state index in [1.54, 1.807) is 0 Å². The van der Waals surface area contributed by atoms with E-state index in [0.717, 1.165) is 19.6 Å². The van der Waals surface area contributed by atoms with Crippen LogP contribution in [0.2, 0.25) is 0 Å². The van der Waals surface area contributed by atoms with Crippen molar-refractivity contribution in [2.24, 2.45) is 0 Å². The number of nitrogens with zero attached hydrogens (tertiary/aromatic N) is 2. The average molecular weight is 220 g/mol. The minimum absolute atomic E-state index is 0.428. The Morgan fingerprint density at radius 3 is 3.06 bits per heavy atom. The molecule has 0 saturated carbocycles. The van der Waals surface area contributed by atoms with Crippen molar-refractivity contribution in [3.05, 3.63) is 17.0 Å². The number of hydrogen-bond donors (Lipinski definition) is 2. The average Bonchev–Trinajstić information content (AvgIpc) is 2.72. The highest BCUT2D eigenvalue weighted by Gasteiger charge is 2.25. The highest BCUT2D eigenvalue weighted by Crippen LogP contribution is 2.27. The molecule has 2 heterocycles. The molecule has 4 nitrogen and oxygen atoms in total. The number of aromatic nitrogens is 2. The molecule has 0 radical (unpaired) electrons. The maximum Gasteiger partial charge on any atom is 0.0839 e. The molecule has 1 aliphatic heterocycles. The number of aromatic amines is 1. The molecule has 1 fully saturated rings. The normalized spacial score (nSPS) is 26.7. The van der Waals surface area contributed by atoms with Crippen LogP contribution in [0.3, 0.4) is 0 Å². The molecule has 1 atom stereocenters. The Hall–Kier alpha value is -0.870. The van der Waals surface area contributed by atoms with Crippen LogP contribution in [0, 0.1) is 0 Å². The fraction of sp³-hybridized carbons (Fsp3) is 0.750. The van der Waals surface area contributed by atoms with Gasteiger partial charge >= 0.3 is 0 Å². The van der Waals surface area contributed by atoms with Gasteiger partial charge < -0.3 is 10.2 Å². The number of fused-ring (bicyclic) bond motifs is 1. The summed E-state index contributed by atoms with van der Waals surface area (Å²) in [4.78, 5) is 2.38. The first kappa shape index (κ1) is 10.3. The van der Waals surface area contributed by atoms with Gasteiger partial charge in [-0.2, -0.15) is 5.10 Å². The van der Waals surface area contributed by atoms with E-state index in [1.165, 1.54) is 42.6 Å². The molecule has 4 heteroatoms. The fourth-order valence-corrected chi connectivity index (χ4v) is 2.88. The van der Waals surface area contributed by atoms with E-state index < -0.39 is 0 Å². The number of piperazine rings is 1. The molecule has 1 saturated heterocycles. The number of likely N-dealkylation sites (N-methyl/N-ethyl adjacent to an activating group) is 1. The molecule has 88 valence electrons. The smallest absolute Gasteiger partial charge is 0.0839 e. The summed E-state index contributed by atoms with van der Waals surface area (Å²) in [5.41, 5.74) is 4.16. The minimum atomic E-state index is 0.428. The van der Waals surface area contributed by atoms with Crippen LogP contribution in [0.1, 0.15) is 35.8 Å². The second-order valence-corrected chi connectivity index (χ2v) is 5.04. The second-order valence-electron chi connectivity index (χ2n) is 5.04. The van der Waals surface area contributed by atoms with E-state index in [2.05, 4.69) is 27.5 Å². The molecular weight excluding hydrogens is 200 g/mol. The van der Waals surface area contributed by atoms with Crippen molar-refractivity contribution in [1.29, 1.82) is 0 Å². The third-order valence-corrected chi connectivity index (χ3v) is 3.80. The SMILES string of the molecule is CN1CCNC(c2n[nH]c3c2CCCC3)C1. The summed E-state index contributed by atoms with van der Waals surface area (Å²) in [6.45, 7) is 3.29. The largest absolute Gasteiger partial charge is 0.306 e. The molecule has 1 aromatic heterocycles. The Labute approximate surface area is 96.4 Å². The van der Waals surface area contributed by atoms with Crippen molar-refractivity contribution in [3.63, 3.8) is 0 Å². The molecule has 2 aliphatic rings. The highest BCUT2D eigenvalue weighted by atomic mass is 15.2. The van der Waals surface area contributed by atoms with Crippen molar-refractivity contribution in [3.8, 4) is 0 Å². The van der Waals surface area contributed by atoms with Gasteiger partial charge in [-0.1, -0.05) is 0 Å². The van der Waals surface area contributed by atoms with Crippen LogP contribution < -0.4 is 5.32 Å². The van der Waals surface area contributed by atoms with Crippen LogP contribution in [0.5, 0.6) is 0 Å². The summed E-state index contributed by atoms with van der Waals surface area (Å²) in [7, 11) is 2.19. The monoisotopic (exact) mass is 220 g/mol. The summed E-state index contributed by atoms with van der Waals surface area (Å²) < 4.78 is 0. The molecule has 2 N–H and O–H groups in total. The lowest BCUT2D eigenvalue weighted by atomic mass is 9.93.